The van der Waals surface area contributed by atoms with Crippen molar-refractivity contribution in [3.63, 3.8) is 0 Å². The highest BCUT2D eigenvalue weighted by Gasteiger charge is 2.69. The number of hydrogen-bond acceptors (Lipinski definition) is 6. The number of nitrogens with one attached hydrogen (secondary N) is 1. The zero-order valence-corrected chi connectivity index (χ0v) is 25.5. The van der Waals surface area contributed by atoms with E-state index in [9.17, 15) is 14.4 Å². The standard InChI is InChI=1S/C33H52N2O5/c1-20-11-14-33-15-12-25(39-5)27(33)32(20,4)26(17-31(3,28(36)21(33)2)23-9-7-6-8-10-23)40-30(38)34-29(37)24-19-35-16-13-22(24)18-35/h20-27H,6-19H2,1-5H3,(H,34,37,38)/t20-,21+,22-,24+,25?,26-,27?,31+,32+,33?/m1/s1. The maximum atomic E-state index is 14.7. The molecule has 0 spiro atoms. The van der Waals surface area contributed by atoms with Crippen LogP contribution in [0.5, 0.6) is 0 Å². The van der Waals surface area contributed by atoms with Crippen LogP contribution < -0.4 is 5.32 Å². The van der Waals surface area contributed by atoms with Gasteiger partial charge in [-0.2, -0.15) is 0 Å². The highest BCUT2D eigenvalue weighted by molar-refractivity contribution is 5.94. The molecule has 4 aliphatic carbocycles. The van der Waals surface area contributed by atoms with Gasteiger partial charge in [-0.3, -0.25) is 14.9 Å². The first-order valence-electron chi connectivity index (χ1n) is 16.4. The highest BCUT2D eigenvalue weighted by Crippen LogP contribution is 2.69. The number of imide groups is 1. The van der Waals surface area contributed by atoms with Gasteiger partial charge in [-0.25, -0.2) is 4.79 Å². The van der Waals surface area contributed by atoms with Crippen LogP contribution in [0.4, 0.5) is 4.79 Å². The first kappa shape index (κ1) is 28.6. The molecular weight excluding hydrogens is 504 g/mol. The van der Waals surface area contributed by atoms with Crippen LogP contribution in [0.2, 0.25) is 0 Å². The molecule has 6 fully saturated rings. The van der Waals surface area contributed by atoms with Crippen LogP contribution in [0.3, 0.4) is 0 Å². The zero-order valence-electron chi connectivity index (χ0n) is 25.5. The lowest BCUT2D eigenvalue weighted by molar-refractivity contribution is -0.196. The molecule has 4 saturated carbocycles. The van der Waals surface area contributed by atoms with Crippen LogP contribution in [-0.4, -0.2) is 61.6 Å². The molecule has 0 radical (unpaired) electrons. The second-order valence-electron chi connectivity index (χ2n) is 15.2. The van der Waals surface area contributed by atoms with Crippen molar-refractivity contribution in [1.29, 1.82) is 0 Å². The number of ether oxygens (including phenoxy) is 2. The number of piperidine rings is 1. The van der Waals surface area contributed by atoms with E-state index in [2.05, 4.69) is 37.9 Å². The summed E-state index contributed by atoms with van der Waals surface area (Å²) in [5.41, 5.74) is -1.03. The van der Waals surface area contributed by atoms with Gasteiger partial charge in [0.25, 0.3) is 0 Å². The number of nitrogens with zero attached hydrogens (tertiary/aromatic N) is 1. The molecule has 2 amide bonds. The summed E-state index contributed by atoms with van der Waals surface area (Å²) < 4.78 is 12.6. The zero-order chi connectivity index (χ0) is 28.4. The van der Waals surface area contributed by atoms with Gasteiger partial charge in [0.1, 0.15) is 11.9 Å². The van der Waals surface area contributed by atoms with Crippen molar-refractivity contribution in [2.75, 3.05) is 26.7 Å². The number of carbonyl (C=O) groups excluding carboxylic acids is 3. The number of fused-ring (bicyclic) bond motifs is 2. The van der Waals surface area contributed by atoms with Crippen molar-refractivity contribution < 1.29 is 23.9 Å². The summed E-state index contributed by atoms with van der Waals surface area (Å²) in [7, 11) is 1.80. The summed E-state index contributed by atoms with van der Waals surface area (Å²) in [6.45, 7) is 11.8. The van der Waals surface area contributed by atoms with E-state index in [1.807, 2.05) is 0 Å². The molecule has 1 N–H and O–H groups in total. The summed E-state index contributed by atoms with van der Waals surface area (Å²) in [6.07, 6.45) is 10.2. The summed E-state index contributed by atoms with van der Waals surface area (Å²) >= 11 is 0. The van der Waals surface area contributed by atoms with Crippen LogP contribution in [0, 0.1) is 51.8 Å². The average molecular weight is 557 g/mol. The summed E-state index contributed by atoms with van der Waals surface area (Å²) in [5, 5.41) is 2.66. The quantitative estimate of drug-likeness (QED) is 0.485. The molecule has 0 aromatic heterocycles. The lowest BCUT2D eigenvalue weighted by atomic mass is 9.43. The smallest absolute Gasteiger partial charge is 0.414 e. The Bertz CT molecular complexity index is 1030. The number of alkyl carbamates (subject to hydrolysis) is 1. The van der Waals surface area contributed by atoms with E-state index in [1.165, 1.54) is 6.42 Å². The van der Waals surface area contributed by atoms with Gasteiger partial charge in [-0.1, -0.05) is 47.0 Å². The fraction of sp³-hybridized carbons (Fsp3) is 0.909. The summed E-state index contributed by atoms with van der Waals surface area (Å²) in [6, 6.07) is 0. The molecule has 0 aromatic rings. The SMILES string of the molecule is COC1CCC23CC[C@@H](C)[C@](C)(C12)[C@H](OC(=O)NC(=O)[C@H]1CN2CC[C@@H]1C2)C[C@@](C)(C1CCCCC1)C(=O)[C@@H]3C. The van der Waals surface area contributed by atoms with Crippen molar-refractivity contribution in [1.82, 2.24) is 10.2 Å². The number of rotatable bonds is 4. The molecule has 2 saturated heterocycles. The minimum absolute atomic E-state index is 0.0412. The minimum Gasteiger partial charge on any atom is -0.445 e. The number of amides is 2. The van der Waals surface area contributed by atoms with Gasteiger partial charge in [0.2, 0.25) is 5.91 Å². The Balaban J connectivity index is 1.35. The Morgan fingerprint density at radius 3 is 2.35 bits per heavy atom. The Morgan fingerprint density at radius 1 is 0.975 bits per heavy atom. The van der Waals surface area contributed by atoms with Crippen LogP contribution in [-0.2, 0) is 19.1 Å². The van der Waals surface area contributed by atoms with E-state index in [4.69, 9.17) is 9.47 Å². The average Bonchev–Trinajstić information content (AvgIpc) is 3.69. The van der Waals surface area contributed by atoms with Crippen LogP contribution >= 0.6 is 0 Å². The maximum Gasteiger partial charge on any atom is 0.414 e. The van der Waals surface area contributed by atoms with Crippen LogP contribution in [0.25, 0.3) is 0 Å². The lowest BCUT2D eigenvalue weighted by Gasteiger charge is -2.62. The number of methoxy groups -OCH3 is 1. The number of ketones is 1. The molecule has 7 nitrogen and oxygen atoms in total. The van der Waals surface area contributed by atoms with E-state index < -0.39 is 17.6 Å². The van der Waals surface area contributed by atoms with E-state index >= 15 is 0 Å². The number of carbonyl (C=O) groups is 3. The Labute approximate surface area is 240 Å². The summed E-state index contributed by atoms with van der Waals surface area (Å²) in [4.78, 5) is 43.8. The molecule has 224 valence electrons. The van der Waals surface area contributed by atoms with Gasteiger partial charge in [-0.05, 0) is 81.1 Å². The van der Waals surface area contributed by atoms with Crippen molar-refractivity contribution in [2.45, 2.75) is 111 Å². The largest absolute Gasteiger partial charge is 0.445 e. The van der Waals surface area contributed by atoms with Gasteiger partial charge in [0.15, 0.2) is 0 Å². The molecule has 4 unspecified atom stereocenters. The molecule has 11 atom stereocenters. The van der Waals surface area contributed by atoms with E-state index in [-0.39, 0.29) is 40.6 Å². The molecule has 2 aliphatic heterocycles. The molecular formula is C33H52N2O5. The van der Waals surface area contributed by atoms with E-state index in [0.717, 1.165) is 77.4 Å². The minimum atomic E-state index is -0.628. The fourth-order valence-electron chi connectivity index (χ4n) is 11.2. The second kappa shape index (κ2) is 10.4. The van der Waals surface area contributed by atoms with Crippen molar-refractivity contribution in [3.8, 4) is 0 Å². The molecule has 40 heavy (non-hydrogen) atoms. The van der Waals surface area contributed by atoms with Gasteiger partial charge in [0.05, 0.1) is 12.0 Å². The Morgan fingerprint density at radius 2 is 1.70 bits per heavy atom. The van der Waals surface area contributed by atoms with Gasteiger partial charge in [-0.15, -0.1) is 0 Å². The van der Waals surface area contributed by atoms with Crippen molar-refractivity contribution in [3.05, 3.63) is 0 Å². The monoisotopic (exact) mass is 556 g/mol. The first-order valence-corrected chi connectivity index (χ1v) is 16.4. The molecule has 7 heteroatoms. The topological polar surface area (TPSA) is 84.9 Å². The van der Waals surface area contributed by atoms with Crippen LogP contribution in [0.15, 0.2) is 0 Å². The normalized spacial score (nSPS) is 48.8. The second-order valence-corrected chi connectivity index (χ2v) is 15.2. The lowest BCUT2D eigenvalue weighted by Crippen LogP contribution is -2.64. The summed E-state index contributed by atoms with van der Waals surface area (Å²) in [5.74, 6) is 1.08. The molecule has 6 rings (SSSR count). The Hall–Kier alpha value is -1.47. The molecule has 6 aliphatic rings. The van der Waals surface area contributed by atoms with Crippen LogP contribution in [0.1, 0.15) is 98.3 Å². The van der Waals surface area contributed by atoms with Gasteiger partial charge >= 0.3 is 6.09 Å². The molecule has 4 bridgehead atoms. The third-order valence-electron chi connectivity index (χ3n) is 13.7. The third-order valence-corrected chi connectivity index (χ3v) is 13.7. The van der Waals surface area contributed by atoms with Gasteiger partial charge in [0, 0.05) is 42.9 Å². The molecule has 2 heterocycles. The first-order chi connectivity index (χ1) is 19.0. The predicted molar refractivity (Wildman–Crippen MR) is 152 cm³/mol. The third kappa shape index (κ3) is 4.22. The fourth-order valence-corrected chi connectivity index (χ4v) is 11.2. The van der Waals surface area contributed by atoms with E-state index in [0.29, 0.717) is 30.0 Å². The van der Waals surface area contributed by atoms with Crippen molar-refractivity contribution in [2.24, 2.45) is 51.8 Å². The highest BCUT2D eigenvalue weighted by atomic mass is 16.6. The molecule has 0 aromatic carbocycles. The predicted octanol–water partition coefficient (Wildman–Crippen LogP) is 5.60. The van der Waals surface area contributed by atoms with E-state index in [1.54, 1.807) is 7.11 Å². The number of hydrogen-bond donors (Lipinski definition) is 1. The van der Waals surface area contributed by atoms with Gasteiger partial charge < -0.3 is 14.4 Å². The van der Waals surface area contributed by atoms with Crippen molar-refractivity contribution >= 4 is 17.8 Å². The maximum absolute atomic E-state index is 14.7. The number of Topliss-reactive ketones (excluding diaryl/α,β-unsaturated/α-hetero) is 1. The Kier molecular flexibility index (Phi) is 7.42.